The van der Waals surface area contributed by atoms with Gasteiger partial charge in [-0.15, -0.1) is 0 Å². The monoisotopic (exact) mass is 309 g/mol. The number of halogens is 2. The van der Waals surface area contributed by atoms with Crippen LogP contribution in [0.25, 0.3) is 12.2 Å². The molecule has 118 valence electrons. The number of likely N-dealkylation sites (N-methyl/N-ethyl adjacent to an activating group) is 1. The fraction of sp³-hybridized carbons (Fsp3) is 0.333. The lowest BCUT2D eigenvalue weighted by atomic mass is 10.2. The van der Waals surface area contributed by atoms with Gasteiger partial charge in [-0.1, -0.05) is 23.4 Å². The van der Waals surface area contributed by atoms with Gasteiger partial charge in [0, 0.05) is 24.1 Å². The minimum Gasteiger partial charge on any atom is -0.434 e. The summed E-state index contributed by atoms with van der Waals surface area (Å²) in [6.07, 6.45) is 3.80. The molecule has 1 heterocycles. The maximum Gasteiger partial charge on any atom is 0.387 e. The lowest BCUT2D eigenvalue weighted by Crippen LogP contribution is -2.24. The third-order valence-electron chi connectivity index (χ3n) is 3.01. The topological polar surface area (TPSA) is 60.2 Å². The first-order chi connectivity index (χ1) is 10.6. The van der Waals surface area contributed by atoms with Crippen LogP contribution in [0.2, 0.25) is 0 Å². The van der Waals surface area contributed by atoms with Gasteiger partial charge in [-0.2, -0.15) is 13.8 Å². The molecule has 0 bridgehead atoms. The van der Waals surface area contributed by atoms with Crippen LogP contribution in [0.15, 0.2) is 28.8 Å². The van der Waals surface area contributed by atoms with E-state index in [1.165, 1.54) is 6.07 Å². The van der Waals surface area contributed by atoms with Gasteiger partial charge in [-0.05, 0) is 26.1 Å². The fourth-order valence-corrected chi connectivity index (χ4v) is 1.78. The molecule has 1 atom stereocenters. The third-order valence-corrected chi connectivity index (χ3v) is 3.01. The number of ether oxygens (including phenoxy) is 1. The third kappa shape index (κ3) is 4.63. The summed E-state index contributed by atoms with van der Waals surface area (Å²) < 4.78 is 34.2. The molecule has 22 heavy (non-hydrogen) atoms. The highest BCUT2D eigenvalue weighted by atomic mass is 19.3. The van der Waals surface area contributed by atoms with E-state index in [2.05, 4.69) is 20.2 Å². The van der Waals surface area contributed by atoms with Crippen LogP contribution < -0.4 is 10.1 Å². The van der Waals surface area contributed by atoms with Gasteiger partial charge in [0.15, 0.2) is 5.82 Å². The summed E-state index contributed by atoms with van der Waals surface area (Å²) in [5.41, 5.74) is 0.506. The van der Waals surface area contributed by atoms with E-state index in [0.29, 0.717) is 23.7 Å². The SMILES string of the molecule is CNC(C)Cc1noc(/C=C/c2ccccc2OC(F)F)n1. The van der Waals surface area contributed by atoms with Gasteiger partial charge in [0.25, 0.3) is 5.89 Å². The summed E-state index contributed by atoms with van der Waals surface area (Å²) in [4.78, 5) is 4.21. The van der Waals surface area contributed by atoms with E-state index in [4.69, 9.17) is 4.52 Å². The zero-order valence-electron chi connectivity index (χ0n) is 12.3. The van der Waals surface area contributed by atoms with E-state index in [1.807, 2.05) is 14.0 Å². The second-order valence-electron chi connectivity index (χ2n) is 4.69. The summed E-state index contributed by atoms with van der Waals surface area (Å²) in [5, 5.41) is 6.94. The van der Waals surface area contributed by atoms with Crippen molar-refractivity contribution in [1.29, 1.82) is 0 Å². The fourth-order valence-electron chi connectivity index (χ4n) is 1.78. The van der Waals surface area contributed by atoms with Crippen LogP contribution >= 0.6 is 0 Å². The van der Waals surface area contributed by atoms with E-state index in [9.17, 15) is 8.78 Å². The summed E-state index contributed by atoms with van der Waals surface area (Å²) in [6.45, 7) is -0.864. The second-order valence-corrected chi connectivity index (χ2v) is 4.69. The van der Waals surface area contributed by atoms with Crippen LogP contribution in [0.3, 0.4) is 0 Å². The molecular formula is C15H17F2N3O2. The summed E-state index contributed by atoms with van der Waals surface area (Å²) in [6, 6.07) is 6.72. The first-order valence-electron chi connectivity index (χ1n) is 6.80. The lowest BCUT2D eigenvalue weighted by molar-refractivity contribution is -0.0499. The molecular weight excluding hydrogens is 292 g/mol. The number of para-hydroxylation sites is 1. The largest absolute Gasteiger partial charge is 0.434 e. The zero-order valence-corrected chi connectivity index (χ0v) is 12.3. The van der Waals surface area contributed by atoms with Gasteiger partial charge >= 0.3 is 6.61 Å². The van der Waals surface area contributed by atoms with Crippen molar-refractivity contribution in [2.75, 3.05) is 7.05 Å². The van der Waals surface area contributed by atoms with Crippen molar-refractivity contribution >= 4 is 12.2 Å². The molecule has 0 aliphatic heterocycles. The minimum absolute atomic E-state index is 0.0947. The molecule has 1 aromatic carbocycles. The van der Waals surface area contributed by atoms with Crippen LogP contribution in [0.4, 0.5) is 8.78 Å². The molecule has 0 radical (unpaired) electrons. The Morgan fingerprint density at radius 2 is 2.09 bits per heavy atom. The molecule has 0 amide bonds. The number of hydrogen-bond donors (Lipinski definition) is 1. The molecule has 2 rings (SSSR count). The standard InChI is InChI=1S/C15H17F2N3O2/c1-10(18-2)9-13-19-14(22-20-13)8-7-11-5-3-4-6-12(11)21-15(16)17/h3-8,10,15,18H,9H2,1-2H3/b8-7+. The number of benzene rings is 1. The quantitative estimate of drug-likeness (QED) is 0.852. The highest BCUT2D eigenvalue weighted by Gasteiger charge is 2.09. The Kier molecular flexibility index (Phi) is 5.60. The van der Waals surface area contributed by atoms with Gasteiger partial charge in [0.2, 0.25) is 0 Å². The number of aromatic nitrogens is 2. The molecule has 0 aliphatic carbocycles. The van der Waals surface area contributed by atoms with Crippen molar-refractivity contribution in [1.82, 2.24) is 15.5 Å². The van der Waals surface area contributed by atoms with Crippen LogP contribution in [0, 0.1) is 0 Å². The first kappa shape index (κ1) is 16.1. The molecule has 1 aromatic heterocycles. The smallest absolute Gasteiger partial charge is 0.387 e. The Hall–Kier alpha value is -2.28. The molecule has 0 fully saturated rings. The first-order valence-corrected chi connectivity index (χ1v) is 6.80. The zero-order chi connectivity index (χ0) is 15.9. The molecule has 2 aromatic rings. The molecule has 5 nitrogen and oxygen atoms in total. The average Bonchev–Trinajstić information content (AvgIpc) is 2.93. The van der Waals surface area contributed by atoms with Gasteiger partial charge in [-0.25, -0.2) is 0 Å². The van der Waals surface area contributed by atoms with Crippen molar-refractivity contribution < 1.29 is 18.0 Å². The van der Waals surface area contributed by atoms with Crippen molar-refractivity contribution in [2.45, 2.75) is 26.0 Å². The summed E-state index contributed by atoms with van der Waals surface area (Å²) in [7, 11) is 1.85. The van der Waals surface area contributed by atoms with E-state index < -0.39 is 6.61 Å². The second kappa shape index (κ2) is 7.65. The van der Waals surface area contributed by atoms with Crippen LogP contribution in [0.5, 0.6) is 5.75 Å². The Labute approximate surface area is 127 Å². The van der Waals surface area contributed by atoms with Crippen LogP contribution in [0.1, 0.15) is 24.2 Å². The molecule has 0 saturated heterocycles. The number of rotatable bonds is 7. The average molecular weight is 309 g/mol. The molecule has 7 heteroatoms. The Morgan fingerprint density at radius 3 is 2.82 bits per heavy atom. The number of nitrogens with one attached hydrogen (secondary N) is 1. The summed E-state index contributed by atoms with van der Waals surface area (Å²) in [5.74, 6) is 0.987. The Bertz CT molecular complexity index is 629. The van der Waals surface area contributed by atoms with E-state index >= 15 is 0 Å². The Balaban J connectivity index is 2.09. The highest BCUT2D eigenvalue weighted by Crippen LogP contribution is 2.22. The molecule has 1 unspecified atom stereocenters. The van der Waals surface area contributed by atoms with Crippen molar-refractivity contribution in [2.24, 2.45) is 0 Å². The maximum absolute atomic E-state index is 12.3. The van der Waals surface area contributed by atoms with Gasteiger partial charge in [-0.3, -0.25) is 0 Å². The van der Waals surface area contributed by atoms with Gasteiger partial charge in [0.1, 0.15) is 5.75 Å². The van der Waals surface area contributed by atoms with Crippen molar-refractivity contribution in [3.63, 3.8) is 0 Å². The van der Waals surface area contributed by atoms with Crippen molar-refractivity contribution in [3.05, 3.63) is 41.5 Å². The van der Waals surface area contributed by atoms with Crippen LogP contribution in [-0.4, -0.2) is 29.8 Å². The van der Waals surface area contributed by atoms with E-state index in [0.717, 1.165) is 0 Å². The minimum atomic E-state index is -2.87. The molecule has 0 saturated carbocycles. The van der Waals surface area contributed by atoms with Gasteiger partial charge in [0.05, 0.1) is 0 Å². The van der Waals surface area contributed by atoms with E-state index in [1.54, 1.807) is 30.4 Å². The van der Waals surface area contributed by atoms with Gasteiger partial charge < -0.3 is 14.6 Å². The predicted molar refractivity (Wildman–Crippen MR) is 78.5 cm³/mol. The summed E-state index contributed by atoms with van der Waals surface area (Å²) >= 11 is 0. The number of alkyl halides is 2. The predicted octanol–water partition coefficient (Wildman–Crippen LogP) is 2.99. The molecule has 1 N–H and O–H groups in total. The Morgan fingerprint density at radius 1 is 1.32 bits per heavy atom. The maximum atomic E-state index is 12.3. The lowest BCUT2D eigenvalue weighted by Gasteiger charge is -2.06. The van der Waals surface area contributed by atoms with E-state index in [-0.39, 0.29) is 11.8 Å². The van der Waals surface area contributed by atoms with Crippen molar-refractivity contribution in [3.8, 4) is 5.75 Å². The number of hydrogen-bond acceptors (Lipinski definition) is 5. The number of nitrogens with zero attached hydrogens (tertiary/aromatic N) is 2. The van der Waals surface area contributed by atoms with Crippen LogP contribution in [-0.2, 0) is 6.42 Å². The molecule has 0 spiro atoms. The normalized spacial score (nSPS) is 13.0. The molecule has 0 aliphatic rings. The highest BCUT2D eigenvalue weighted by molar-refractivity contribution is 5.69.